The summed E-state index contributed by atoms with van der Waals surface area (Å²) in [6.07, 6.45) is -6.76. The van der Waals surface area contributed by atoms with Crippen molar-refractivity contribution in [2.24, 2.45) is 0 Å². The van der Waals surface area contributed by atoms with E-state index < -0.39 is 48.3 Å². The number of alkyl halides is 3. The minimum absolute atomic E-state index is 0.0165. The molecule has 35 heavy (non-hydrogen) atoms. The average molecular weight is 491 g/mol. The molecule has 0 heterocycles. The second-order valence-electron chi connectivity index (χ2n) is 7.22. The minimum atomic E-state index is -4.62. The highest BCUT2D eigenvalue weighted by molar-refractivity contribution is 5.96. The van der Waals surface area contributed by atoms with Gasteiger partial charge in [-0.15, -0.1) is 5.92 Å². The molecule has 8 nitrogen and oxygen atoms in total. The number of carbonyl (C=O) groups excluding carboxylic acids is 3. The molecule has 0 radical (unpaired) electrons. The summed E-state index contributed by atoms with van der Waals surface area (Å²) in [5.74, 6) is 3.29. The van der Waals surface area contributed by atoms with Crippen LogP contribution in [0.25, 0.3) is 0 Å². The van der Waals surface area contributed by atoms with Crippen LogP contribution < -0.4 is 16.0 Å². The first kappa shape index (κ1) is 27.2. The zero-order valence-corrected chi connectivity index (χ0v) is 18.7. The summed E-state index contributed by atoms with van der Waals surface area (Å²) in [6.45, 7) is 0.661. The van der Waals surface area contributed by atoms with E-state index in [4.69, 9.17) is 4.74 Å². The van der Waals surface area contributed by atoms with Crippen molar-refractivity contribution in [1.29, 1.82) is 0 Å². The number of nitrogens with one attached hydrogen (secondary N) is 3. The molecular weight excluding hydrogens is 467 g/mol. The molecule has 2 rings (SSSR count). The summed E-state index contributed by atoms with van der Waals surface area (Å²) in [4.78, 5) is 36.4. The average Bonchev–Trinajstić information content (AvgIpc) is 2.84. The van der Waals surface area contributed by atoms with Gasteiger partial charge in [0.2, 0.25) is 5.91 Å². The van der Waals surface area contributed by atoms with Crippen molar-refractivity contribution in [2.45, 2.75) is 31.9 Å². The van der Waals surface area contributed by atoms with Crippen LogP contribution >= 0.6 is 0 Å². The summed E-state index contributed by atoms with van der Waals surface area (Å²) in [6, 6.07) is 11.6. The van der Waals surface area contributed by atoms with Gasteiger partial charge in [-0.1, -0.05) is 42.3 Å². The summed E-state index contributed by atoms with van der Waals surface area (Å²) in [7, 11) is 0. The summed E-state index contributed by atoms with van der Waals surface area (Å²) in [5, 5.41) is 17.2. The van der Waals surface area contributed by atoms with Crippen molar-refractivity contribution in [3.63, 3.8) is 0 Å². The van der Waals surface area contributed by atoms with Gasteiger partial charge < -0.3 is 25.8 Å². The Hall–Kier alpha value is -4.04. The van der Waals surface area contributed by atoms with Crippen LogP contribution in [0.2, 0.25) is 0 Å². The molecule has 4 N–H and O–H groups in total. The maximum atomic E-state index is 12.8. The monoisotopic (exact) mass is 491 g/mol. The van der Waals surface area contributed by atoms with Crippen LogP contribution in [0.5, 0.6) is 0 Å². The lowest BCUT2D eigenvalue weighted by Gasteiger charge is -2.21. The number of carbonyl (C=O) groups is 3. The summed E-state index contributed by atoms with van der Waals surface area (Å²) >= 11 is 0. The second-order valence-corrected chi connectivity index (χ2v) is 7.22. The fraction of sp³-hybridized carbons (Fsp3) is 0.292. The van der Waals surface area contributed by atoms with Gasteiger partial charge in [-0.25, -0.2) is 4.79 Å². The third-order valence-electron chi connectivity index (χ3n) is 4.56. The molecule has 11 heteroatoms. The van der Waals surface area contributed by atoms with E-state index in [-0.39, 0.29) is 18.7 Å². The summed E-state index contributed by atoms with van der Waals surface area (Å²) < 4.78 is 43.5. The summed E-state index contributed by atoms with van der Waals surface area (Å²) in [5.41, 5.74) is -0.508. The van der Waals surface area contributed by atoms with E-state index in [1.807, 2.05) is 6.07 Å². The van der Waals surface area contributed by atoms with Crippen molar-refractivity contribution in [3.05, 3.63) is 71.3 Å². The number of aliphatic hydroxyl groups is 1. The Kier molecular flexibility index (Phi) is 10.1. The number of amides is 3. The number of benzene rings is 2. The van der Waals surface area contributed by atoms with Gasteiger partial charge in [0.15, 0.2) is 0 Å². The third-order valence-corrected chi connectivity index (χ3v) is 4.56. The molecule has 0 saturated carbocycles. The van der Waals surface area contributed by atoms with Gasteiger partial charge in [-0.3, -0.25) is 9.59 Å². The Bertz CT molecular complexity index is 1080. The van der Waals surface area contributed by atoms with E-state index in [1.165, 1.54) is 13.0 Å². The van der Waals surface area contributed by atoms with E-state index in [0.717, 1.165) is 17.7 Å². The van der Waals surface area contributed by atoms with Crippen LogP contribution in [0.3, 0.4) is 0 Å². The first-order valence-electron chi connectivity index (χ1n) is 10.4. The fourth-order valence-corrected chi connectivity index (χ4v) is 2.81. The van der Waals surface area contributed by atoms with Crippen molar-refractivity contribution in [2.75, 3.05) is 13.1 Å². The van der Waals surface area contributed by atoms with E-state index >= 15 is 0 Å². The molecule has 0 spiro atoms. The largest absolute Gasteiger partial charge is 0.445 e. The first-order chi connectivity index (χ1) is 16.6. The molecule has 0 aromatic heterocycles. The van der Waals surface area contributed by atoms with Gasteiger partial charge >= 0.3 is 12.3 Å². The second kappa shape index (κ2) is 13.0. The molecule has 0 bridgehead atoms. The van der Waals surface area contributed by atoms with Gasteiger partial charge in [0, 0.05) is 12.1 Å². The molecule has 0 aliphatic rings. The zero-order chi connectivity index (χ0) is 25.8. The van der Waals surface area contributed by atoms with Crippen molar-refractivity contribution in [1.82, 2.24) is 16.0 Å². The normalized spacial score (nSPS) is 12.4. The number of aliphatic hydroxyl groups excluding tert-OH is 1. The molecule has 0 fully saturated rings. The fourth-order valence-electron chi connectivity index (χ4n) is 2.81. The van der Waals surface area contributed by atoms with Crippen LogP contribution in [-0.2, 0) is 22.3 Å². The van der Waals surface area contributed by atoms with Crippen LogP contribution in [0, 0.1) is 11.8 Å². The standard InChI is InChI=1S/C24H24F3N3O5/c1-2-7-20(31)19(13-29-23(34)35-15-16-8-4-3-5-9-16)30-21(32)14-28-22(33)17-10-6-11-18(12-17)24(25,26)27/h3-6,8-12,19-20,31H,13-15H2,1H3,(H,28,33)(H,29,34)(H,30,32)/t19-,20-/m0/s1. The van der Waals surface area contributed by atoms with Crippen molar-refractivity contribution < 1.29 is 37.4 Å². The first-order valence-corrected chi connectivity index (χ1v) is 10.4. The molecule has 0 aliphatic heterocycles. The number of hydrogen-bond donors (Lipinski definition) is 4. The number of alkyl carbamates (subject to hydrolysis) is 1. The molecule has 186 valence electrons. The topological polar surface area (TPSA) is 117 Å². The lowest BCUT2D eigenvalue weighted by molar-refractivity contribution is -0.137. The van der Waals surface area contributed by atoms with E-state index in [0.29, 0.717) is 6.07 Å². The van der Waals surface area contributed by atoms with Gasteiger partial charge in [-0.05, 0) is 30.7 Å². The SMILES string of the molecule is CC#C[C@H](O)[C@H](CNC(=O)OCc1ccccc1)NC(=O)CNC(=O)c1cccc(C(F)(F)F)c1. The Labute approximate surface area is 199 Å². The molecule has 2 aromatic rings. The lowest BCUT2D eigenvalue weighted by Crippen LogP contribution is -2.52. The van der Waals surface area contributed by atoms with E-state index in [9.17, 15) is 32.7 Å². The predicted octanol–water partition coefficient (Wildman–Crippen LogP) is 2.23. The maximum absolute atomic E-state index is 12.8. The van der Waals surface area contributed by atoms with Crippen molar-refractivity contribution >= 4 is 17.9 Å². The van der Waals surface area contributed by atoms with Gasteiger partial charge in [-0.2, -0.15) is 13.2 Å². The molecule has 3 amide bonds. The van der Waals surface area contributed by atoms with Crippen LogP contribution in [-0.4, -0.2) is 48.2 Å². The number of rotatable bonds is 9. The molecule has 0 saturated heterocycles. The molecule has 0 unspecified atom stereocenters. The maximum Gasteiger partial charge on any atom is 0.416 e. The van der Waals surface area contributed by atoms with Gasteiger partial charge in [0.05, 0.1) is 18.2 Å². The number of hydrogen-bond acceptors (Lipinski definition) is 5. The van der Waals surface area contributed by atoms with Gasteiger partial charge in [0.25, 0.3) is 5.91 Å². The Balaban J connectivity index is 1.89. The lowest BCUT2D eigenvalue weighted by atomic mass is 10.1. The zero-order valence-electron chi connectivity index (χ0n) is 18.7. The smallest absolute Gasteiger partial charge is 0.416 e. The highest BCUT2D eigenvalue weighted by Gasteiger charge is 2.31. The molecule has 2 aromatic carbocycles. The van der Waals surface area contributed by atoms with Crippen molar-refractivity contribution in [3.8, 4) is 11.8 Å². The van der Waals surface area contributed by atoms with E-state index in [1.54, 1.807) is 24.3 Å². The van der Waals surface area contributed by atoms with Crippen LogP contribution in [0.1, 0.15) is 28.4 Å². The Morgan fingerprint density at radius 3 is 2.43 bits per heavy atom. The highest BCUT2D eigenvalue weighted by atomic mass is 19.4. The highest BCUT2D eigenvalue weighted by Crippen LogP contribution is 2.29. The minimum Gasteiger partial charge on any atom is -0.445 e. The third kappa shape index (κ3) is 9.38. The molecule has 2 atom stereocenters. The Morgan fingerprint density at radius 1 is 1.06 bits per heavy atom. The Morgan fingerprint density at radius 2 is 1.77 bits per heavy atom. The van der Waals surface area contributed by atoms with E-state index in [2.05, 4.69) is 27.8 Å². The predicted molar refractivity (Wildman–Crippen MR) is 120 cm³/mol. The van der Waals surface area contributed by atoms with Gasteiger partial charge in [0.1, 0.15) is 12.7 Å². The number of halogens is 3. The van der Waals surface area contributed by atoms with Crippen LogP contribution in [0.4, 0.5) is 18.0 Å². The van der Waals surface area contributed by atoms with Crippen LogP contribution in [0.15, 0.2) is 54.6 Å². The molecule has 0 aliphatic carbocycles. The molecular formula is C24H24F3N3O5. The quantitative estimate of drug-likeness (QED) is 0.402. The number of ether oxygens (including phenoxy) is 1.